The number of guanidine groups is 1. The van der Waals surface area contributed by atoms with Crippen LogP contribution < -0.4 is 15.5 Å². The first-order valence-electron chi connectivity index (χ1n) is 7.47. The standard InChI is InChI=1S/C16H28N4O/c1-17-16(19-12-8-14-21-3)18-11-7-13-20(2)15-9-5-4-6-10-15/h4-6,9-10H,7-8,11-14H2,1-3H3,(H2,17,18,19). The second kappa shape index (κ2) is 11.0. The van der Waals surface area contributed by atoms with Crippen molar-refractivity contribution in [2.24, 2.45) is 4.99 Å². The molecule has 0 aliphatic heterocycles. The highest BCUT2D eigenvalue weighted by molar-refractivity contribution is 5.79. The van der Waals surface area contributed by atoms with Crippen LogP contribution in [0.5, 0.6) is 0 Å². The van der Waals surface area contributed by atoms with Gasteiger partial charge in [0.2, 0.25) is 0 Å². The van der Waals surface area contributed by atoms with E-state index in [-0.39, 0.29) is 0 Å². The number of anilines is 1. The van der Waals surface area contributed by atoms with Gasteiger partial charge in [0.15, 0.2) is 5.96 Å². The van der Waals surface area contributed by atoms with Crippen molar-refractivity contribution < 1.29 is 4.74 Å². The summed E-state index contributed by atoms with van der Waals surface area (Å²) in [6.07, 6.45) is 2.04. The van der Waals surface area contributed by atoms with Crippen LogP contribution in [0.3, 0.4) is 0 Å². The number of methoxy groups -OCH3 is 1. The SMILES string of the molecule is CN=C(NCCCOC)NCCCN(C)c1ccccc1. The van der Waals surface area contributed by atoms with Crippen molar-refractivity contribution in [2.45, 2.75) is 12.8 Å². The number of aliphatic imine (C=N–C) groups is 1. The van der Waals surface area contributed by atoms with E-state index in [0.717, 1.165) is 45.0 Å². The van der Waals surface area contributed by atoms with Crippen LogP contribution in [0.15, 0.2) is 35.3 Å². The lowest BCUT2D eigenvalue weighted by Crippen LogP contribution is -2.39. The number of nitrogens with zero attached hydrogens (tertiary/aromatic N) is 2. The third kappa shape index (κ3) is 7.56. The topological polar surface area (TPSA) is 48.9 Å². The van der Waals surface area contributed by atoms with Crippen LogP contribution in [0.4, 0.5) is 5.69 Å². The van der Waals surface area contributed by atoms with Crippen LogP contribution in [-0.4, -0.2) is 53.4 Å². The predicted octanol–water partition coefficient (Wildman–Crippen LogP) is 1.71. The van der Waals surface area contributed by atoms with Crippen LogP contribution in [0, 0.1) is 0 Å². The van der Waals surface area contributed by atoms with Gasteiger partial charge in [-0.3, -0.25) is 4.99 Å². The minimum Gasteiger partial charge on any atom is -0.385 e. The highest BCUT2D eigenvalue weighted by Gasteiger charge is 2.00. The number of para-hydroxylation sites is 1. The van der Waals surface area contributed by atoms with E-state index in [1.165, 1.54) is 5.69 Å². The van der Waals surface area contributed by atoms with Gasteiger partial charge in [0.05, 0.1) is 0 Å². The van der Waals surface area contributed by atoms with Crippen LogP contribution >= 0.6 is 0 Å². The molecule has 1 rings (SSSR count). The molecule has 0 aliphatic rings. The zero-order chi connectivity index (χ0) is 15.3. The average molecular weight is 292 g/mol. The third-order valence-corrected chi connectivity index (χ3v) is 3.20. The summed E-state index contributed by atoms with van der Waals surface area (Å²) in [5.74, 6) is 0.855. The summed E-state index contributed by atoms with van der Waals surface area (Å²) < 4.78 is 5.02. The molecule has 21 heavy (non-hydrogen) atoms. The quantitative estimate of drug-likeness (QED) is 0.413. The maximum absolute atomic E-state index is 5.02. The van der Waals surface area contributed by atoms with E-state index in [4.69, 9.17) is 4.74 Å². The Kier molecular flexibility index (Phi) is 9.04. The van der Waals surface area contributed by atoms with Crippen LogP contribution in [0.25, 0.3) is 0 Å². The predicted molar refractivity (Wildman–Crippen MR) is 90.2 cm³/mol. The Bertz CT molecular complexity index is 395. The molecule has 1 aromatic carbocycles. The van der Waals surface area contributed by atoms with E-state index >= 15 is 0 Å². The van der Waals surface area contributed by atoms with E-state index < -0.39 is 0 Å². The van der Waals surface area contributed by atoms with Gasteiger partial charge in [-0.25, -0.2) is 0 Å². The summed E-state index contributed by atoms with van der Waals surface area (Å²) in [6, 6.07) is 10.4. The molecule has 0 bridgehead atoms. The Hall–Kier alpha value is -1.75. The van der Waals surface area contributed by atoms with E-state index in [1.807, 2.05) is 6.07 Å². The van der Waals surface area contributed by atoms with Gasteiger partial charge in [-0.15, -0.1) is 0 Å². The fourth-order valence-corrected chi connectivity index (χ4v) is 1.98. The summed E-state index contributed by atoms with van der Waals surface area (Å²) in [4.78, 5) is 6.46. The lowest BCUT2D eigenvalue weighted by Gasteiger charge is -2.19. The Morgan fingerprint density at radius 1 is 1.14 bits per heavy atom. The average Bonchev–Trinajstić information content (AvgIpc) is 2.54. The minimum absolute atomic E-state index is 0.770. The Balaban J connectivity index is 2.14. The molecule has 0 amide bonds. The molecule has 1 aromatic rings. The second-order valence-corrected chi connectivity index (χ2v) is 4.88. The first-order chi connectivity index (χ1) is 10.3. The van der Waals surface area contributed by atoms with Gasteiger partial charge in [-0.2, -0.15) is 0 Å². The fraction of sp³-hybridized carbons (Fsp3) is 0.562. The highest BCUT2D eigenvalue weighted by atomic mass is 16.5. The molecule has 0 saturated heterocycles. The summed E-state index contributed by atoms with van der Waals surface area (Å²) in [6.45, 7) is 3.56. The highest BCUT2D eigenvalue weighted by Crippen LogP contribution is 2.10. The Labute approximate surface area is 128 Å². The molecule has 0 fully saturated rings. The van der Waals surface area contributed by atoms with Gasteiger partial charge >= 0.3 is 0 Å². The van der Waals surface area contributed by atoms with Crippen molar-refractivity contribution in [3.63, 3.8) is 0 Å². The molecule has 2 N–H and O–H groups in total. The van der Waals surface area contributed by atoms with Crippen molar-refractivity contribution in [3.05, 3.63) is 30.3 Å². The minimum atomic E-state index is 0.770. The number of benzene rings is 1. The van der Waals surface area contributed by atoms with Gasteiger partial charge < -0.3 is 20.3 Å². The summed E-state index contributed by atoms with van der Waals surface area (Å²) >= 11 is 0. The summed E-state index contributed by atoms with van der Waals surface area (Å²) in [5, 5.41) is 6.59. The number of hydrogen-bond acceptors (Lipinski definition) is 3. The molecule has 118 valence electrons. The van der Waals surface area contributed by atoms with Crippen LogP contribution in [-0.2, 0) is 4.74 Å². The van der Waals surface area contributed by atoms with E-state index in [0.29, 0.717) is 0 Å². The molecule has 5 heteroatoms. The van der Waals surface area contributed by atoms with Crippen molar-refractivity contribution in [1.29, 1.82) is 0 Å². The van der Waals surface area contributed by atoms with Crippen molar-refractivity contribution >= 4 is 11.6 Å². The zero-order valence-electron chi connectivity index (χ0n) is 13.4. The van der Waals surface area contributed by atoms with Gasteiger partial charge in [-0.1, -0.05) is 18.2 Å². The van der Waals surface area contributed by atoms with Crippen molar-refractivity contribution in [3.8, 4) is 0 Å². The van der Waals surface area contributed by atoms with Gasteiger partial charge in [0.1, 0.15) is 0 Å². The number of nitrogens with one attached hydrogen (secondary N) is 2. The Morgan fingerprint density at radius 2 is 1.81 bits per heavy atom. The zero-order valence-corrected chi connectivity index (χ0v) is 13.4. The van der Waals surface area contributed by atoms with Crippen LogP contribution in [0.1, 0.15) is 12.8 Å². The maximum Gasteiger partial charge on any atom is 0.190 e. The second-order valence-electron chi connectivity index (χ2n) is 4.88. The number of hydrogen-bond donors (Lipinski definition) is 2. The molecular formula is C16H28N4O. The molecular weight excluding hydrogens is 264 g/mol. The Morgan fingerprint density at radius 3 is 2.43 bits per heavy atom. The number of rotatable bonds is 9. The normalized spacial score (nSPS) is 11.3. The fourth-order valence-electron chi connectivity index (χ4n) is 1.98. The van der Waals surface area contributed by atoms with E-state index in [9.17, 15) is 0 Å². The summed E-state index contributed by atoms with van der Waals surface area (Å²) in [7, 11) is 5.63. The first-order valence-corrected chi connectivity index (χ1v) is 7.47. The summed E-state index contributed by atoms with van der Waals surface area (Å²) in [5.41, 5.74) is 1.25. The van der Waals surface area contributed by atoms with E-state index in [1.54, 1.807) is 14.2 Å². The first kappa shape index (κ1) is 17.3. The number of ether oxygens (including phenoxy) is 1. The third-order valence-electron chi connectivity index (χ3n) is 3.20. The van der Waals surface area contributed by atoms with Gasteiger partial charge in [-0.05, 0) is 25.0 Å². The molecule has 0 atom stereocenters. The molecule has 0 aromatic heterocycles. The van der Waals surface area contributed by atoms with Gasteiger partial charge in [0.25, 0.3) is 0 Å². The van der Waals surface area contributed by atoms with E-state index in [2.05, 4.69) is 51.8 Å². The molecule has 5 nitrogen and oxygen atoms in total. The monoisotopic (exact) mass is 292 g/mol. The van der Waals surface area contributed by atoms with Crippen molar-refractivity contribution in [1.82, 2.24) is 10.6 Å². The molecule has 0 heterocycles. The largest absolute Gasteiger partial charge is 0.385 e. The molecule has 0 unspecified atom stereocenters. The molecule has 0 aliphatic carbocycles. The smallest absolute Gasteiger partial charge is 0.190 e. The van der Waals surface area contributed by atoms with Crippen molar-refractivity contribution in [2.75, 3.05) is 52.3 Å². The van der Waals surface area contributed by atoms with Crippen LogP contribution in [0.2, 0.25) is 0 Å². The maximum atomic E-state index is 5.02. The molecule has 0 saturated carbocycles. The lowest BCUT2D eigenvalue weighted by atomic mass is 10.3. The van der Waals surface area contributed by atoms with Gasteiger partial charge in [0, 0.05) is 53.1 Å². The molecule has 0 spiro atoms. The lowest BCUT2D eigenvalue weighted by molar-refractivity contribution is 0.195. The molecule has 0 radical (unpaired) electrons.